The third-order valence-corrected chi connectivity index (χ3v) is 2.57. The van der Waals surface area contributed by atoms with Gasteiger partial charge in [-0.05, 0) is 19.1 Å². The van der Waals surface area contributed by atoms with Gasteiger partial charge in [0.25, 0.3) is 0 Å². The Kier molecular flexibility index (Phi) is 5.71. The smallest absolute Gasteiger partial charge is 0.329 e. The van der Waals surface area contributed by atoms with Crippen LogP contribution >= 0.6 is 0 Å². The second-order valence-electron chi connectivity index (χ2n) is 3.79. The number of ether oxygens (including phenoxy) is 1. The van der Waals surface area contributed by atoms with Gasteiger partial charge >= 0.3 is 5.97 Å². The zero-order chi connectivity index (χ0) is 13.4. The summed E-state index contributed by atoms with van der Waals surface area (Å²) in [7, 11) is 0. The van der Waals surface area contributed by atoms with Crippen molar-refractivity contribution in [3.63, 3.8) is 0 Å². The van der Waals surface area contributed by atoms with Crippen LogP contribution in [0.2, 0.25) is 0 Å². The molecule has 3 heteroatoms. The molecule has 0 bridgehead atoms. The molecule has 18 heavy (non-hydrogen) atoms. The number of hydrogen-bond acceptors (Lipinski definition) is 3. The molecule has 0 spiro atoms. The summed E-state index contributed by atoms with van der Waals surface area (Å²) in [6, 6.07) is 9.03. The Morgan fingerprint density at radius 3 is 2.44 bits per heavy atom. The van der Waals surface area contributed by atoms with Crippen molar-refractivity contribution in [3.05, 3.63) is 55.6 Å². The van der Waals surface area contributed by atoms with Gasteiger partial charge in [-0.25, -0.2) is 4.79 Å². The van der Waals surface area contributed by atoms with E-state index in [1.165, 1.54) is 0 Å². The van der Waals surface area contributed by atoms with Gasteiger partial charge in [-0.2, -0.15) is 0 Å². The first-order valence-electron chi connectivity index (χ1n) is 5.96. The van der Waals surface area contributed by atoms with Crippen molar-refractivity contribution in [3.8, 4) is 0 Å². The molecule has 0 aliphatic heterocycles. The van der Waals surface area contributed by atoms with E-state index in [2.05, 4.69) is 18.5 Å². The molecular weight excluding hydrogens is 226 g/mol. The van der Waals surface area contributed by atoms with E-state index in [1.807, 2.05) is 30.3 Å². The minimum absolute atomic E-state index is 0.177. The average molecular weight is 245 g/mol. The Bertz CT molecular complexity index is 392. The van der Waals surface area contributed by atoms with E-state index in [0.29, 0.717) is 6.61 Å². The zero-order valence-corrected chi connectivity index (χ0v) is 10.6. The Balaban J connectivity index is 2.86. The van der Waals surface area contributed by atoms with Crippen LogP contribution in [0.3, 0.4) is 0 Å². The largest absolute Gasteiger partial charge is 0.464 e. The summed E-state index contributed by atoms with van der Waals surface area (Å²) in [6.07, 6.45) is 3.37. The first-order chi connectivity index (χ1) is 8.72. The van der Waals surface area contributed by atoms with Crippen molar-refractivity contribution in [1.82, 2.24) is 0 Å². The predicted octanol–water partition coefficient (Wildman–Crippen LogP) is 3.02. The lowest BCUT2D eigenvalue weighted by molar-refractivity contribution is -0.144. The molecule has 0 aromatic heterocycles. The van der Waals surface area contributed by atoms with E-state index >= 15 is 0 Å². The molecule has 1 atom stereocenters. The molecule has 0 heterocycles. The number of para-hydroxylation sites is 1. The number of esters is 1. The fourth-order valence-electron chi connectivity index (χ4n) is 1.63. The van der Waals surface area contributed by atoms with Crippen molar-refractivity contribution in [2.24, 2.45) is 5.92 Å². The lowest BCUT2D eigenvalue weighted by Gasteiger charge is -2.22. The number of anilines is 1. The van der Waals surface area contributed by atoms with Crippen LogP contribution in [0.25, 0.3) is 0 Å². The predicted molar refractivity (Wildman–Crippen MR) is 74.4 cm³/mol. The Morgan fingerprint density at radius 1 is 1.33 bits per heavy atom. The monoisotopic (exact) mass is 245 g/mol. The number of rotatable bonds is 7. The highest BCUT2D eigenvalue weighted by Crippen LogP contribution is 2.16. The van der Waals surface area contributed by atoms with Gasteiger partial charge in [-0.3, -0.25) is 0 Å². The molecular formula is C15H19NO2. The molecule has 1 aromatic carbocycles. The molecule has 0 radical (unpaired) electrons. The van der Waals surface area contributed by atoms with E-state index in [0.717, 1.165) is 5.69 Å². The van der Waals surface area contributed by atoms with Crippen LogP contribution in [-0.2, 0) is 9.53 Å². The summed E-state index contributed by atoms with van der Waals surface area (Å²) >= 11 is 0. The second-order valence-corrected chi connectivity index (χ2v) is 3.79. The molecule has 1 rings (SSSR count). The molecule has 0 amide bonds. The molecule has 1 unspecified atom stereocenters. The van der Waals surface area contributed by atoms with Gasteiger partial charge in [-0.1, -0.05) is 30.4 Å². The van der Waals surface area contributed by atoms with Gasteiger partial charge in [0.15, 0.2) is 0 Å². The summed E-state index contributed by atoms with van der Waals surface area (Å²) in [5, 5.41) is 3.15. The molecule has 1 N–H and O–H groups in total. The SMILES string of the molecule is C=CC(C=C)C(Nc1ccccc1)C(=O)OCC. The number of benzene rings is 1. The van der Waals surface area contributed by atoms with E-state index in [-0.39, 0.29) is 11.9 Å². The van der Waals surface area contributed by atoms with E-state index in [9.17, 15) is 4.79 Å². The van der Waals surface area contributed by atoms with E-state index in [1.54, 1.807) is 19.1 Å². The molecule has 1 aromatic rings. The minimum Gasteiger partial charge on any atom is -0.464 e. The van der Waals surface area contributed by atoms with Gasteiger partial charge in [0.2, 0.25) is 0 Å². The summed E-state index contributed by atoms with van der Waals surface area (Å²) in [5.74, 6) is -0.476. The minimum atomic E-state index is -0.498. The topological polar surface area (TPSA) is 38.3 Å². The Morgan fingerprint density at radius 2 is 1.94 bits per heavy atom. The van der Waals surface area contributed by atoms with Crippen molar-refractivity contribution < 1.29 is 9.53 Å². The molecule has 96 valence electrons. The fraction of sp³-hybridized carbons (Fsp3) is 0.267. The molecule has 3 nitrogen and oxygen atoms in total. The lowest BCUT2D eigenvalue weighted by Crippen LogP contribution is -2.36. The highest BCUT2D eigenvalue weighted by molar-refractivity contribution is 5.80. The van der Waals surface area contributed by atoms with Gasteiger partial charge in [0, 0.05) is 11.6 Å². The van der Waals surface area contributed by atoms with Gasteiger partial charge < -0.3 is 10.1 Å². The second kappa shape index (κ2) is 7.33. The highest BCUT2D eigenvalue weighted by atomic mass is 16.5. The van der Waals surface area contributed by atoms with Crippen LogP contribution in [0.1, 0.15) is 6.92 Å². The highest BCUT2D eigenvalue weighted by Gasteiger charge is 2.25. The molecule has 0 aliphatic carbocycles. The van der Waals surface area contributed by atoms with Gasteiger partial charge in [0.05, 0.1) is 6.61 Å². The molecule has 0 saturated heterocycles. The quantitative estimate of drug-likeness (QED) is 0.593. The third-order valence-electron chi connectivity index (χ3n) is 2.57. The van der Waals surface area contributed by atoms with Crippen molar-refractivity contribution in [2.45, 2.75) is 13.0 Å². The normalized spacial score (nSPS) is 11.7. The number of carbonyl (C=O) groups excluding carboxylic acids is 1. The summed E-state index contributed by atoms with van der Waals surface area (Å²) < 4.78 is 5.06. The maximum Gasteiger partial charge on any atom is 0.329 e. The van der Waals surface area contributed by atoms with Crippen LogP contribution < -0.4 is 5.32 Å². The van der Waals surface area contributed by atoms with Crippen LogP contribution in [0.4, 0.5) is 5.69 Å². The fourth-order valence-corrected chi connectivity index (χ4v) is 1.63. The molecule has 0 saturated carbocycles. The van der Waals surface area contributed by atoms with Gasteiger partial charge in [-0.15, -0.1) is 13.2 Å². The lowest BCUT2D eigenvalue weighted by atomic mass is 9.99. The summed E-state index contributed by atoms with van der Waals surface area (Å²) in [4.78, 5) is 11.9. The maximum atomic E-state index is 11.9. The van der Waals surface area contributed by atoms with Crippen LogP contribution in [-0.4, -0.2) is 18.6 Å². The average Bonchev–Trinajstić information content (AvgIpc) is 2.40. The third kappa shape index (κ3) is 3.77. The maximum absolute atomic E-state index is 11.9. The Labute approximate surface area is 108 Å². The zero-order valence-electron chi connectivity index (χ0n) is 10.6. The van der Waals surface area contributed by atoms with E-state index < -0.39 is 6.04 Å². The van der Waals surface area contributed by atoms with Crippen molar-refractivity contribution in [2.75, 3.05) is 11.9 Å². The van der Waals surface area contributed by atoms with E-state index in [4.69, 9.17) is 4.74 Å². The Hall–Kier alpha value is -2.03. The van der Waals surface area contributed by atoms with Crippen LogP contribution in [0.15, 0.2) is 55.6 Å². The van der Waals surface area contributed by atoms with Crippen LogP contribution in [0, 0.1) is 5.92 Å². The number of carbonyl (C=O) groups is 1. The first-order valence-corrected chi connectivity index (χ1v) is 5.96. The molecule has 0 aliphatic rings. The molecule has 0 fully saturated rings. The first kappa shape index (κ1) is 14.0. The van der Waals surface area contributed by atoms with Gasteiger partial charge in [0.1, 0.15) is 6.04 Å². The summed E-state index contributed by atoms with van der Waals surface area (Å²) in [6.45, 7) is 9.58. The summed E-state index contributed by atoms with van der Waals surface area (Å²) in [5.41, 5.74) is 0.865. The number of nitrogens with one attached hydrogen (secondary N) is 1. The van der Waals surface area contributed by atoms with Crippen molar-refractivity contribution in [1.29, 1.82) is 0 Å². The standard InChI is InChI=1S/C15H19NO2/c1-4-12(5-2)14(15(17)18-6-3)16-13-10-8-7-9-11-13/h4-5,7-12,14,16H,1-2,6H2,3H3. The van der Waals surface area contributed by atoms with Crippen molar-refractivity contribution >= 4 is 11.7 Å². The van der Waals surface area contributed by atoms with Crippen LogP contribution in [0.5, 0.6) is 0 Å². The number of hydrogen-bond donors (Lipinski definition) is 1.